The number of ether oxygens (including phenoxy) is 2. The summed E-state index contributed by atoms with van der Waals surface area (Å²) in [6, 6.07) is 11.9. The molecule has 0 aliphatic carbocycles. The first kappa shape index (κ1) is 22.1. The number of halogens is 1. The fraction of sp³-hybridized carbons (Fsp3) is 0.304. The molecular formula is C23H24BrNO5. The molecule has 30 heavy (non-hydrogen) atoms. The van der Waals surface area contributed by atoms with Crippen LogP contribution in [0, 0.1) is 6.92 Å². The van der Waals surface area contributed by atoms with Gasteiger partial charge in [0, 0.05) is 30.3 Å². The number of ketones is 1. The fourth-order valence-corrected chi connectivity index (χ4v) is 3.92. The number of methoxy groups -OCH3 is 2. The summed E-state index contributed by atoms with van der Waals surface area (Å²) >= 11 is 3.41. The Bertz CT molecular complexity index is 984. The molecule has 1 N–H and O–H groups in total. The maximum atomic E-state index is 13.0. The predicted molar refractivity (Wildman–Crippen MR) is 117 cm³/mol. The molecule has 1 aliphatic heterocycles. The van der Waals surface area contributed by atoms with Crippen LogP contribution in [-0.2, 0) is 14.3 Å². The molecule has 0 spiro atoms. The molecule has 158 valence electrons. The quantitative estimate of drug-likeness (QED) is 0.282. The number of aliphatic hydroxyl groups is 1. The molecule has 1 aliphatic rings. The second-order valence-electron chi connectivity index (χ2n) is 7.07. The van der Waals surface area contributed by atoms with Gasteiger partial charge in [-0.15, -0.1) is 0 Å². The van der Waals surface area contributed by atoms with Crippen LogP contribution in [0.1, 0.15) is 29.2 Å². The lowest BCUT2D eigenvalue weighted by molar-refractivity contribution is -0.140. The van der Waals surface area contributed by atoms with E-state index in [9.17, 15) is 14.7 Å². The number of Topliss-reactive ketones (excluding diaryl/α,β-unsaturated/α-hetero) is 1. The van der Waals surface area contributed by atoms with Crippen molar-refractivity contribution in [1.82, 2.24) is 4.90 Å². The Hall–Kier alpha value is -2.64. The molecule has 2 aromatic rings. The smallest absolute Gasteiger partial charge is 0.295 e. The van der Waals surface area contributed by atoms with Crippen molar-refractivity contribution in [3.05, 3.63) is 69.2 Å². The minimum absolute atomic E-state index is 0.0907. The third kappa shape index (κ3) is 4.27. The Labute approximate surface area is 184 Å². The van der Waals surface area contributed by atoms with Gasteiger partial charge in [-0.3, -0.25) is 9.59 Å². The van der Waals surface area contributed by atoms with Crippen LogP contribution in [0.5, 0.6) is 5.75 Å². The number of aliphatic hydroxyl groups excluding tert-OH is 1. The molecule has 0 unspecified atom stereocenters. The van der Waals surface area contributed by atoms with Gasteiger partial charge in [-0.25, -0.2) is 0 Å². The van der Waals surface area contributed by atoms with Crippen molar-refractivity contribution >= 4 is 33.4 Å². The van der Waals surface area contributed by atoms with E-state index in [2.05, 4.69) is 15.9 Å². The Morgan fingerprint density at radius 2 is 1.83 bits per heavy atom. The summed E-state index contributed by atoms with van der Waals surface area (Å²) in [7, 11) is 3.15. The lowest BCUT2D eigenvalue weighted by Gasteiger charge is -2.25. The number of hydrogen-bond acceptors (Lipinski definition) is 5. The zero-order valence-corrected chi connectivity index (χ0v) is 18.7. The van der Waals surface area contributed by atoms with Gasteiger partial charge in [0.1, 0.15) is 11.5 Å². The van der Waals surface area contributed by atoms with Crippen molar-refractivity contribution in [3.8, 4) is 5.75 Å². The molecule has 0 saturated carbocycles. The summed E-state index contributed by atoms with van der Waals surface area (Å²) < 4.78 is 11.2. The largest absolute Gasteiger partial charge is 0.507 e. The second-order valence-corrected chi connectivity index (χ2v) is 7.99. The van der Waals surface area contributed by atoms with E-state index in [1.807, 2.05) is 31.2 Å². The third-order valence-electron chi connectivity index (χ3n) is 5.16. The number of carbonyl (C=O) groups is 2. The van der Waals surface area contributed by atoms with Gasteiger partial charge in [-0.05, 0) is 54.8 Å². The molecule has 1 saturated heterocycles. The highest BCUT2D eigenvalue weighted by Crippen LogP contribution is 2.40. The highest BCUT2D eigenvalue weighted by molar-refractivity contribution is 9.10. The number of carbonyl (C=O) groups excluding carboxylic acids is 2. The lowest BCUT2D eigenvalue weighted by Crippen LogP contribution is -2.31. The molecule has 0 bridgehead atoms. The number of hydrogen-bond donors (Lipinski definition) is 1. The van der Waals surface area contributed by atoms with Crippen LogP contribution < -0.4 is 4.74 Å². The van der Waals surface area contributed by atoms with Gasteiger partial charge in [-0.2, -0.15) is 0 Å². The van der Waals surface area contributed by atoms with Gasteiger partial charge < -0.3 is 19.5 Å². The van der Waals surface area contributed by atoms with E-state index >= 15 is 0 Å². The molecule has 0 radical (unpaired) electrons. The maximum absolute atomic E-state index is 13.0. The maximum Gasteiger partial charge on any atom is 0.295 e. The van der Waals surface area contributed by atoms with Gasteiger partial charge in [-0.1, -0.05) is 28.1 Å². The highest BCUT2D eigenvalue weighted by Gasteiger charge is 2.45. The van der Waals surface area contributed by atoms with Crippen molar-refractivity contribution in [3.63, 3.8) is 0 Å². The van der Waals surface area contributed by atoms with E-state index in [-0.39, 0.29) is 11.3 Å². The van der Waals surface area contributed by atoms with E-state index in [0.29, 0.717) is 30.9 Å². The Balaban J connectivity index is 2.13. The number of benzene rings is 2. The lowest BCUT2D eigenvalue weighted by atomic mass is 9.94. The summed E-state index contributed by atoms with van der Waals surface area (Å²) in [5.74, 6) is -0.844. The Morgan fingerprint density at radius 1 is 1.13 bits per heavy atom. The molecule has 2 aromatic carbocycles. The fourth-order valence-electron chi connectivity index (χ4n) is 3.66. The van der Waals surface area contributed by atoms with Gasteiger partial charge in [0.2, 0.25) is 0 Å². The predicted octanol–water partition coefficient (Wildman–Crippen LogP) is 4.22. The standard InChI is InChI=1S/C23H24BrNO5/c1-14-13-17(30-3)9-10-18(14)21(26)19-20(15-5-7-16(24)8-6-15)25(11-4-12-29-2)23(28)22(19)27/h5-10,13,20,26H,4,11-12H2,1-3H3/t20-/m1/s1. The highest BCUT2D eigenvalue weighted by atomic mass is 79.9. The molecule has 6 nitrogen and oxygen atoms in total. The van der Waals surface area contributed by atoms with E-state index in [4.69, 9.17) is 9.47 Å². The van der Waals surface area contributed by atoms with E-state index in [1.54, 1.807) is 32.4 Å². The summed E-state index contributed by atoms with van der Waals surface area (Å²) in [6.45, 7) is 2.63. The Kier molecular flexibility index (Phi) is 6.95. The van der Waals surface area contributed by atoms with Gasteiger partial charge in [0.15, 0.2) is 0 Å². The molecule has 7 heteroatoms. The zero-order chi connectivity index (χ0) is 21.8. The van der Waals surface area contributed by atoms with Crippen LogP contribution in [0.15, 0.2) is 52.5 Å². The number of nitrogens with zero attached hydrogens (tertiary/aromatic N) is 1. The van der Waals surface area contributed by atoms with E-state index < -0.39 is 17.7 Å². The van der Waals surface area contributed by atoms with Gasteiger partial charge >= 0.3 is 0 Å². The zero-order valence-electron chi connectivity index (χ0n) is 17.1. The summed E-state index contributed by atoms with van der Waals surface area (Å²) in [6.07, 6.45) is 0.582. The minimum Gasteiger partial charge on any atom is -0.507 e. The van der Waals surface area contributed by atoms with Crippen LogP contribution >= 0.6 is 15.9 Å². The normalized spacial score (nSPS) is 18.1. The van der Waals surface area contributed by atoms with Crippen molar-refractivity contribution < 1.29 is 24.2 Å². The SMILES string of the molecule is COCCCN1C(=O)C(=O)C(=C(O)c2ccc(OC)cc2C)[C@H]1c1ccc(Br)cc1. The second kappa shape index (κ2) is 9.45. The third-order valence-corrected chi connectivity index (χ3v) is 5.69. The van der Waals surface area contributed by atoms with Crippen molar-refractivity contribution in [2.75, 3.05) is 27.4 Å². The summed E-state index contributed by atoms with van der Waals surface area (Å²) in [5, 5.41) is 11.1. The topological polar surface area (TPSA) is 76.1 Å². The van der Waals surface area contributed by atoms with E-state index in [0.717, 1.165) is 15.6 Å². The Morgan fingerprint density at radius 3 is 2.43 bits per heavy atom. The summed E-state index contributed by atoms with van der Waals surface area (Å²) in [4.78, 5) is 27.3. The average molecular weight is 474 g/mol. The molecule has 1 heterocycles. The van der Waals surface area contributed by atoms with Crippen LogP contribution in [0.3, 0.4) is 0 Å². The minimum atomic E-state index is -0.687. The molecule has 3 rings (SSSR count). The molecule has 1 amide bonds. The molecule has 1 fully saturated rings. The van der Waals surface area contributed by atoms with Crippen LogP contribution in [0.2, 0.25) is 0 Å². The van der Waals surface area contributed by atoms with Crippen molar-refractivity contribution in [1.29, 1.82) is 0 Å². The molecular weight excluding hydrogens is 450 g/mol. The first-order chi connectivity index (χ1) is 14.4. The number of amides is 1. The van der Waals surface area contributed by atoms with Crippen LogP contribution in [-0.4, -0.2) is 49.1 Å². The average Bonchev–Trinajstić information content (AvgIpc) is 2.99. The molecule has 1 atom stereocenters. The number of likely N-dealkylation sites (tertiary alicyclic amines) is 1. The number of rotatable bonds is 7. The van der Waals surface area contributed by atoms with Crippen LogP contribution in [0.4, 0.5) is 0 Å². The summed E-state index contributed by atoms with van der Waals surface area (Å²) in [5.41, 5.74) is 2.08. The van der Waals surface area contributed by atoms with Crippen molar-refractivity contribution in [2.24, 2.45) is 0 Å². The van der Waals surface area contributed by atoms with Gasteiger partial charge in [0.25, 0.3) is 11.7 Å². The number of aryl methyl sites for hydroxylation is 1. The van der Waals surface area contributed by atoms with Crippen molar-refractivity contribution in [2.45, 2.75) is 19.4 Å². The van der Waals surface area contributed by atoms with Crippen LogP contribution in [0.25, 0.3) is 5.76 Å². The van der Waals surface area contributed by atoms with Gasteiger partial charge in [0.05, 0.1) is 18.7 Å². The molecule has 0 aromatic heterocycles. The van der Waals surface area contributed by atoms with E-state index in [1.165, 1.54) is 4.90 Å². The monoisotopic (exact) mass is 473 g/mol. The first-order valence-corrected chi connectivity index (χ1v) is 10.4. The first-order valence-electron chi connectivity index (χ1n) is 9.56.